The summed E-state index contributed by atoms with van der Waals surface area (Å²) in [5.74, 6) is 4.19. The summed E-state index contributed by atoms with van der Waals surface area (Å²) in [6.45, 7) is 2.27. The SMILES string of the molecule is CC1CCC(C(=O)Nc2ccc3nc(-c4ccc(C(=O)NC56CC7CC(CC(C7)C5)C6)cc4)[nH]c3c2)CC1. The summed E-state index contributed by atoms with van der Waals surface area (Å²) in [6, 6.07) is 13.6. The third kappa shape index (κ3) is 4.52. The van der Waals surface area contributed by atoms with Crippen LogP contribution in [0.3, 0.4) is 0 Å². The second-order valence-corrected chi connectivity index (χ2v) is 13.0. The minimum Gasteiger partial charge on any atom is -0.347 e. The number of aromatic nitrogens is 2. The molecule has 2 aromatic carbocycles. The average molecular weight is 511 g/mol. The van der Waals surface area contributed by atoms with Crippen LogP contribution in [-0.4, -0.2) is 27.3 Å². The van der Waals surface area contributed by atoms with Gasteiger partial charge in [-0.1, -0.05) is 19.1 Å². The number of nitrogens with zero attached hydrogens (tertiary/aromatic N) is 1. The Kier molecular flexibility index (Phi) is 5.82. The molecule has 3 N–H and O–H groups in total. The normalized spacial score (nSPS) is 31.9. The van der Waals surface area contributed by atoms with Gasteiger partial charge in [-0.2, -0.15) is 0 Å². The van der Waals surface area contributed by atoms with E-state index < -0.39 is 0 Å². The lowest BCUT2D eigenvalue weighted by molar-refractivity contribution is -0.121. The van der Waals surface area contributed by atoms with Crippen molar-refractivity contribution in [2.75, 3.05) is 5.32 Å². The number of carbonyl (C=O) groups is 2. The minimum atomic E-state index is 0.0196. The molecule has 5 fully saturated rings. The Morgan fingerprint density at radius 2 is 1.55 bits per heavy atom. The van der Waals surface area contributed by atoms with E-state index in [1.54, 1.807) is 0 Å². The Hall–Kier alpha value is -3.15. The van der Waals surface area contributed by atoms with Gasteiger partial charge in [-0.3, -0.25) is 9.59 Å². The molecule has 2 amide bonds. The Labute approximate surface area is 224 Å². The zero-order valence-corrected chi connectivity index (χ0v) is 22.3. The predicted molar refractivity (Wildman–Crippen MR) is 150 cm³/mol. The van der Waals surface area contributed by atoms with Crippen molar-refractivity contribution >= 4 is 28.5 Å². The van der Waals surface area contributed by atoms with Gasteiger partial charge in [0.15, 0.2) is 0 Å². The standard InChI is InChI=1S/C32H38N4O2/c1-19-2-4-24(5-3-19)30(37)33-26-10-11-27-28(15-26)35-29(34-27)23-6-8-25(9-7-23)31(38)36-32-16-20-12-21(17-32)14-22(13-20)18-32/h6-11,15,19-22,24H,2-5,12-14,16-18H2,1H3,(H,33,37)(H,34,35)(H,36,38). The lowest BCUT2D eigenvalue weighted by Crippen LogP contribution is -2.59. The first-order valence-electron chi connectivity index (χ1n) is 14.6. The highest BCUT2D eigenvalue weighted by atomic mass is 16.2. The number of fused-ring (bicyclic) bond motifs is 1. The molecule has 0 saturated heterocycles. The molecule has 0 atom stereocenters. The highest BCUT2D eigenvalue weighted by molar-refractivity contribution is 5.96. The van der Waals surface area contributed by atoms with E-state index in [4.69, 9.17) is 4.98 Å². The quantitative estimate of drug-likeness (QED) is 0.357. The van der Waals surface area contributed by atoms with Crippen LogP contribution >= 0.6 is 0 Å². The fraction of sp³-hybridized carbons (Fsp3) is 0.531. The Bertz CT molecular complexity index is 1330. The first-order chi connectivity index (χ1) is 18.4. The second kappa shape index (κ2) is 9.25. The Morgan fingerprint density at radius 1 is 0.895 bits per heavy atom. The summed E-state index contributed by atoms with van der Waals surface area (Å²) in [5.41, 5.74) is 4.21. The fourth-order valence-corrected chi connectivity index (χ4v) is 8.35. The molecular formula is C32H38N4O2. The van der Waals surface area contributed by atoms with E-state index in [0.29, 0.717) is 5.56 Å². The van der Waals surface area contributed by atoms with Gasteiger partial charge in [-0.25, -0.2) is 4.98 Å². The number of imidazole rings is 1. The highest BCUT2D eigenvalue weighted by Crippen LogP contribution is 2.55. The molecule has 5 aliphatic rings. The fourth-order valence-electron chi connectivity index (χ4n) is 8.35. The minimum absolute atomic E-state index is 0.0196. The zero-order valence-electron chi connectivity index (χ0n) is 22.3. The summed E-state index contributed by atoms with van der Waals surface area (Å²) in [5, 5.41) is 6.58. The molecule has 198 valence electrons. The smallest absolute Gasteiger partial charge is 0.251 e. The third-order valence-electron chi connectivity index (χ3n) is 9.97. The van der Waals surface area contributed by atoms with Crippen LogP contribution in [0.2, 0.25) is 0 Å². The lowest BCUT2D eigenvalue weighted by atomic mass is 9.53. The van der Waals surface area contributed by atoms with Crippen LogP contribution in [0.1, 0.15) is 81.5 Å². The van der Waals surface area contributed by atoms with E-state index in [0.717, 1.165) is 96.7 Å². The third-order valence-corrected chi connectivity index (χ3v) is 9.97. The second-order valence-electron chi connectivity index (χ2n) is 13.0. The van der Waals surface area contributed by atoms with Crippen LogP contribution in [0.5, 0.6) is 0 Å². The molecule has 0 spiro atoms. The average Bonchev–Trinajstić information content (AvgIpc) is 3.31. The van der Waals surface area contributed by atoms with Crippen LogP contribution in [0.15, 0.2) is 42.5 Å². The molecule has 6 nitrogen and oxygen atoms in total. The first-order valence-corrected chi connectivity index (χ1v) is 14.6. The van der Waals surface area contributed by atoms with Crippen molar-refractivity contribution in [3.63, 3.8) is 0 Å². The van der Waals surface area contributed by atoms with Gasteiger partial charge in [0.1, 0.15) is 5.82 Å². The van der Waals surface area contributed by atoms with Gasteiger partial charge in [-0.05, 0) is 118 Å². The van der Waals surface area contributed by atoms with Gasteiger partial charge in [-0.15, -0.1) is 0 Å². The molecular weight excluding hydrogens is 472 g/mol. The number of H-pyrrole nitrogens is 1. The van der Waals surface area contributed by atoms with E-state index in [2.05, 4.69) is 22.5 Å². The van der Waals surface area contributed by atoms with Crippen LogP contribution < -0.4 is 10.6 Å². The summed E-state index contributed by atoms with van der Waals surface area (Å²) in [4.78, 5) is 34.1. The molecule has 38 heavy (non-hydrogen) atoms. The van der Waals surface area contributed by atoms with E-state index in [1.165, 1.54) is 19.3 Å². The Balaban J connectivity index is 1.03. The molecule has 3 aromatic rings. The zero-order chi connectivity index (χ0) is 25.9. The van der Waals surface area contributed by atoms with Gasteiger partial charge in [0.05, 0.1) is 11.0 Å². The number of hydrogen-bond donors (Lipinski definition) is 3. The number of hydrogen-bond acceptors (Lipinski definition) is 3. The summed E-state index contributed by atoms with van der Waals surface area (Å²) < 4.78 is 0. The first kappa shape index (κ1) is 23.9. The number of nitrogens with one attached hydrogen (secondary N) is 3. The topological polar surface area (TPSA) is 86.9 Å². The predicted octanol–water partition coefficient (Wildman–Crippen LogP) is 6.69. The summed E-state index contributed by atoms with van der Waals surface area (Å²) in [7, 11) is 0. The molecule has 0 unspecified atom stereocenters. The Morgan fingerprint density at radius 3 is 2.21 bits per heavy atom. The summed E-state index contributed by atoms with van der Waals surface area (Å²) >= 11 is 0. The number of aromatic amines is 1. The van der Waals surface area contributed by atoms with Crippen molar-refractivity contribution in [3.05, 3.63) is 48.0 Å². The number of carbonyl (C=O) groups excluding carboxylic acids is 2. The van der Waals surface area contributed by atoms with Crippen LogP contribution in [0, 0.1) is 29.6 Å². The van der Waals surface area contributed by atoms with Crippen molar-refractivity contribution in [3.8, 4) is 11.4 Å². The number of anilines is 1. The molecule has 4 bridgehead atoms. The van der Waals surface area contributed by atoms with E-state index in [-0.39, 0.29) is 23.3 Å². The maximum absolute atomic E-state index is 13.2. The molecule has 5 aliphatic carbocycles. The number of benzene rings is 2. The number of rotatable bonds is 5. The van der Waals surface area contributed by atoms with Gasteiger partial charge >= 0.3 is 0 Å². The number of amides is 2. The van der Waals surface area contributed by atoms with Crippen molar-refractivity contribution in [1.29, 1.82) is 0 Å². The van der Waals surface area contributed by atoms with Crippen molar-refractivity contribution in [2.45, 2.75) is 76.7 Å². The molecule has 0 aliphatic heterocycles. The van der Waals surface area contributed by atoms with Gasteiger partial charge < -0.3 is 15.6 Å². The molecule has 1 heterocycles. The van der Waals surface area contributed by atoms with Gasteiger partial charge in [0, 0.05) is 28.3 Å². The summed E-state index contributed by atoms with van der Waals surface area (Å²) in [6.07, 6.45) is 11.8. The van der Waals surface area contributed by atoms with Crippen LogP contribution in [0.4, 0.5) is 5.69 Å². The molecule has 8 rings (SSSR count). The van der Waals surface area contributed by atoms with Crippen LogP contribution in [-0.2, 0) is 4.79 Å². The molecule has 6 heteroatoms. The highest BCUT2D eigenvalue weighted by Gasteiger charge is 2.51. The van der Waals surface area contributed by atoms with Crippen molar-refractivity contribution in [2.24, 2.45) is 29.6 Å². The molecule has 1 aromatic heterocycles. The van der Waals surface area contributed by atoms with Crippen molar-refractivity contribution < 1.29 is 9.59 Å². The van der Waals surface area contributed by atoms with E-state index >= 15 is 0 Å². The monoisotopic (exact) mass is 510 g/mol. The maximum Gasteiger partial charge on any atom is 0.251 e. The largest absolute Gasteiger partial charge is 0.347 e. The van der Waals surface area contributed by atoms with Gasteiger partial charge in [0.25, 0.3) is 5.91 Å². The maximum atomic E-state index is 13.2. The molecule has 5 saturated carbocycles. The van der Waals surface area contributed by atoms with E-state index in [1.807, 2.05) is 42.5 Å². The van der Waals surface area contributed by atoms with Gasteiger partial charge in [0.2, 0.25) is 5.91 Å². The van der Waals surface area contributed by atoms with Crippen LogP contribution in [0.25, 0.3) is 22.4 Å². The molecule has 0 radical (unpaired) electrons. The lowest BCUT2D eigenvalue weighted by Gasteiger charge is -2.56. The van der Waals surface area contributed by atoms with Crippen molar-refractivity contribution in [1.82, 2.24) is 15.3 Å². The van der Waals surface area contributed by atoms with E-state index in [9.17, 15) is 9.59 Å².